The highest BCUT2D eigenvalue weighted by molar-refractivity contribution is 5.86. The SMILES string of the molecule is Cc1nn(C)c(C)c1CNC(=O)Cn1nc(C)c2c(C(F)F)cc(-c3ccco3)nc21. The standard InChI is InChI=1S/C21H22F2N6O2/c1-11-15(13(3)28(4)26-11)9-24-18(30)10-29-21-19(12(2)27-29)14(20(22)23)8-16(25-21)17-6-5-7-31-17/h5-8,20H,9-10H2,1-4H3,(H,24,30). The summed E-state index contributed by atoms with van der Waals surface area (Å²) in [5, 5.41) is 11.7. The second-order valence-electron chi connectivity index (χ2n) is 7.37. The molecule has 0 fully saturated rings. The van der Waals surface area contributed by atoms with Crippen LogP contribution in [0.1, 0.15) is 34.6 Å². The Morgan fingerprint density at radius 3 is 2.61 bits per heavy atom. The third-order valence-electron chi connectivity index (χ3n) is 5.33. The van der Waals surface area contributed by atoms with Crippen LogP contribution in [-0.2, 0) is 24.9 Å². The van der Waals surface area contributed by atoms with E-state index in [9.17, 15) is 13.6 Å². The molecular weight excluding hydrogens is 406 g/mol. The molecule has 0 radical (unpaired) electrons. The van der Waals surface area contributed by atoms with Gasteiger partial charge in [-0.3, -0.25) is 9.48 Å². The number of halogens is 2. The molecular formula is C21H22F2N6O2. The predicted molar refractivity (Wildman–Crippen MR) is 109 cm³/mol. The number of hydrogen-bond donors (Lipinski definition) is 1. The van der Waals surface area contributed by atoms with Gasteiger partial charge in [-0.15, -0.1) is 0 Å². The van der Waals surface area contributed by atoms with Crippen molar-refractivity contribution < 1.29 is 18.0 Å². The second-order valence-corrected chi connectivity index (χ2v) is 7.37. The zero-order valence-electron chi connectivity index (χ0n) is 17.6. The Kier molecular flexibility index (Phi) is 5.30. The van der Waals surface area contributed by atoms with Gasteiger partial charge in [-0.25, -0.2) is 18.4 Å². The summed E-state index contributed by atoms with van der Waals surface area (Å²) >= 11 is 0. The Morgan fingerprint density at radius 2 is 2.00 bits per heavy atom. The van der Waals surface area contributed by atoms with Crippen molar-refractivity contribution >= 4 is 16.9 Å². The van der Waals surface area contributed by atoms with Crippen LogP contribution in [-0.4, -0.2) is 30.5 Å². The molecule has 8 nitrogen and oxygen atoms in total. The van der Waals surface area contributed by atoms with Crippen LogP contribution < -0.4 is 5.32 Å². The van der Waals surface area contributed by atoms with Crippen molar-refractivity contribution in [3.8, 4) is 11.5 Å². The van der Waals surface area contributed by atoms with Gasteiger partial charge >= 0.3 is 0 Å². The van der Waals surface area contributed by atoms with Crippen molar-refractivity contribution in [2.24, 2.45) is 7.05 Å². The molecule has 4 aromatic rings. The third-order valence-corrected chi connectivity index (χ3v) is 5.33. The normalized spacial score (nSPS) is 11.6. The highest BCUT2D eigenvalue weighted by atomic mass is 19.3. The molecule has 10 heteroatoms. The number of aryl methyl sites for hydroxylation is 3. The number of nitrogens with one attached hydrogen (secondary N) is 1. The molecule has 0 unspecified atom stereocenters. The van der Waals surface area contributed by atoms with E-state index in [1.54, 1.807) is 23.7 Å². The lowest BCUT2D eigenvalue weighted by Crippen LogP contribution is -2.28. The molecule has 0 aliphatic carbocycles. The predicted octanol–water partition coefficient (Wildman–Crippen LogP) is 3.60. The maximum atomic E-state index is 13.8. The fourth-order valence-electron chi connectivity index (χ4n) is 3.67. The van der Waals surface area contributed by atoms with Gasteiger partial charge in [0.25, 0.3) is 6.43 Å². The lowest BCUT2D eigenvalue weighted by Gasteiger charge is -2.08. The van der Waals surface area contributed by atoms with Gasteiger partial charge < -0.3 is 9.73 Å². The minimum atomic E-state index is -2.72. The van der Waals surface area contributed by atoms with Crippen molar-refractivity contribution in [2.75, 3.05) is 0 Å². The molecule has 4 aromatic heterocycles. The maximum Gasteiger partial charge on any atom is 0.264 e. The number of carbonyl (C=O) groups excluding carboxylic acids is 1. The van der Waals surface area contributed by atoms with Crippen LogP contribution in [0.15, 0.2) is 28.9 Å². The molecule has 31 heavy (non-hydrogen) atoms. The Morgan fingerprint density at radius 1 is 1.23 bits per heavy atom. The molecule has 0 aliphatic heterocycles. The molecule has 0 bridgehead atoms. The number of furan rings is 1. The van der Waals surface area contributed by atoms with Gasteiger partial charge in [-0.2, -0.15) is 10.2 Å². The van der Waals surface area contributed by atoms with Crippen molar-refractivity contribution in [3.63, 3.8) is 0 Å². The zero-order valence-corrected chi connectivity index (χ0v) is 17.6. The van der Waals surface area contributed by atoms with E-state index >= 15 is 0 Å². The van der Waals surface area contributed by atoms with E-state index in [2.05, 4.69) is 20.5 Å². The average Bonchev–Trinajstić information content (AvgIpc) is 3.41. The van der Waals surface area contributed by atoms with E-state index in [1.807, 2.05) is 20.9 Å². The number of rotatable bonds is 6. The Bertz CT molecular complexity index is 1260. The number of pyridine rings is 1. The summed E-state index contributed by atoms with van der Waals surface area (Å²) in [5.41, 5.74) is 3.41. The third kappa shape index (κ3) is 3.80. The lowest BCUT2D eigenvalue weighted by atomic mass is 10.1. The van der Waals surface area contributed by atoms with Gasteiger partial charge in [-0.05, 0) is 39.0 Å². The Labute approximate surface area is 176 Å². The van der Waals surface area contributed by atoms with E-state index < -0.39 is 6.43 Å². The van der Waals surface area contributed by atoms with Crippen molar-refractivity contribution in [1.29, 1.82) is 0 Å². The molecule has 4 heterocycles. The molecule has 0 aromatic carbocycles. The van der Waals surface area contributed by atoms with E-state index in [4.69, 9.17) is 4.42 Å². The van der Waals surface area contributed by atoms with Crippen LogP contribution in [0, 0.1) is 20.8 Å². The smallest absolute Gasteiger partial charge is 0.264 e. The summed E-state index contributed by atoms with van der Waals surface area (Å²) in [7, 11) is 1.84. The van der Waals surface area contributed by atoms with Crippen LogP contribution in [0.2, 0.25) is 0 Å². The summed E-state index contributed by atoms with van der Waals surface area (Å²) in [6.07, 6.45) is -1.28. The number of amides is 1. The highest BCUT2D eigenvalue weighted by Gasteiger charge is 2.22. The van der Waals surface area contributed by atoms with E-state index in [-0.39, 0.29) is 34.7 Å². The number of nitrogens with zero attached hydrogens (tertiary/aromatic N) is 5. The lowest BCUT2D eigenvalue weighted by molar-refractivity contribution is -0.121. The summed E-state index contributed by atoms with van der Waals surface area (Å²) in [6, 6.07) is 4.60. The molecule has 0 saturated heterocycles. The van der Waals surface area contributed by atoms with Gasteiger partial charge in [0.05, 0.1) is 23.0 Å². The molecule has 4 rings (SSSR count). The Balaban J connectivity index is 1.65. The molecule has 162 valence electrons. The molecule has 0 saturated carbocycles. The summed E-state index contributed by atoms with van der Waals surface area (Å²) in [4.78, 5) is 17.1. The number of aromatic nitrogens is 5. The largest absolute Gasteiger partial charge is 0.463 e. The summed E-state index contributed by atoms with van der Waals surface area (Å²) in [6.45, 7) is 5.59. The van der Waals surface area contributed by atoms with E-state index in [1.165, 1.54) is 17.0 Å². The number of alkyl halides is 2. The fourth-order valence-corrected chi connectivity index (χ4v) is 3.67. The summed E-state index contributed by atoms with van der Waals surface area (Å²) < 4.78 is 36.0. The first-order valence-corrected chi connectivity index (χ1v) is 9.72. The minimum Gasteiger partial charge on any atom is -0.463 e. The molecule has 0 spiro atoms. The first-order chi connectivity index (χ1) is 14.8. The highest BCUT2D eigenvalue weighted by Crippen LogP contribution is 2.33. The van der Waals surface area contributed by atoms with Crippen LogP contribution in [0.5, 0.6) is 0 Å². The molecule has 1 N–H and O–H groups in total. The van der Waals surface area contributed by atoms with E-state index in [0.29, 0.717) is 18.0 Å². The zero-order chi connectivity index (χ0) is 22.3. The molecule has 1 amide bonds. The first kappa shape index (κ1) is 20.7. The maximum absolute atomic E-state index is 13.8. The van der Waals surface area contributed by atoms with Gasteiger partial charge in [0.1, 0.15) is 12.2 Å². The number of hydrogen-bond acceptors (Lipinski definition) is 5. The van der Waals surface area contributed by atoms with Gasteiger partial charge in [0, 0.05) is 30.4 Å². The topological polar surface area (TPSA) is 90.8 Å². The van der Waals surface area contributed by atoms with Crippen molar-refractivity contribution in [2.45, 2.75) is 40.3 Å². The summed E-state index contributed by atoms with van der Waals surface area (Å²) in [5.74, 6) is 0.0528. The van der Waals surface area contributed by atoms with Crippen LogP contribution in [0.3, 0.4) is 0 Å². The van der Waals surface area contributed by atoms with Gasteiger partial charge in [-0.1, -0.05) is 0 Å². The van der Waals surface area contributed by atoms with Gasteiger partial charge in [0.2, 0.25) is 5.91 Å². The number of carbonyl (C=O) groups is 1. The van der Waals surface area contributed by atoms with Crippen molar-refractivity contribution in [3.05, 3.63) is 52.7 Å². The van der Waals surface area contributed by atoms with Gasteiger partial charge in [0.15, 0.2) is 11.4 Å². The Hall–Kier alpha value is -3.56. The monoisotopic (exact) mass is 428 g/mol. The van der Waals surface area contributed by atoms with Crippen molar-refractivity contribution in [1.82, 2.24) is 29.9 Å². The second kappa shape index (κ2) is 7.93. The molecule has 0 atom stereocenters. The fraction of sp³-hybridized carbons (Fsp3) is 0.333. The van der Waals surface area contributed by atoms with Crippen LogP contribution >= 0.6 is 0 Å². The van der Waals surface area contributed by atoms with E-state index in [0.717, 1.165) is 17.0 Å². The first-order valence-electron chi connectivity index (χ1n) is 9.72. The molecule has 0 aliphatic rings. The van der Waals surface area contributed by atoms with Crippen LogP contribution in [0.25, 0.3) is 22.5 Å². The quantitative estimate of drug-likeness (QED) is 0.507. The number of fused-ring (bicyclic) bond motifs is 1. The minimum absolute atomic E-state index is 0.153. The average molecular weight is 428 g/mol. The van der Waals surface area contributed by atoms with Crippen LogP contribution in [0.4, 0.5) is 8.78 Å².